The summed E-state index contributed by atoms with van der Waals surface area (Å²) in [5, 5.41) is 11.2. The Hall–Kier alpha value is -1.61. The average Bonchev–Trinajstić information content (AvgIpc) is 2.57. The summed E-state index contributed by atoms with van der Waals surface area (Å²) in [6.07, 6.45) is 1.34. The van der Waals surface area contributed by atoms with Crippen molar-refractivity contribution in [1.29, 1.82) is 5.41 Å². The van der Waals surface area contributed by atoms with Crippen molar-refractivity contribution in [3.63, 3.8) is 0 Å². The molecule has 0 fully saturated rings. The van der Waals surface area contributed by atoms with Crippen molar-refractivity contribution in [3.05, 3.63) is 11.8 Å². The first kappa shape index (κ1) is 14.5. The molecule has 8 nitrogen and oxygen atoms in total. The third-order valence-corrected chi connectivity index (χ3v) is 3.15. The number of nitrogens with zero attached hydrogens (tertiary/aromatic N) is 2. The van der Waals surface area contributed by atoms with Crippen molar-refractivity contribution in [1.82, 2.24) is 14.5 Å². The molecular weight excluding hydrogens is 256 g/mol. The lowest BCUT2D eigenvalue weighted by Gasteiger charge is -2.12. The minimum absolute atomic E-state index is 0.166. The molecule has 1 rings (SSSR count). The molecule has 0 saturated carbocycles. The van der Waals surface area contributed by atoms with Crippen molar-refractivity contribution < 1.29 is 8.42 Å². The molecule has 0 bridgehead atoms. The van der Waals surface area contributed by atoms with E-state index in [2.05, 4.69) is 14.5 Å². The summed E-state index contributed by atoms with van der Waals surface area (Å²) in [4.78, 5) is 0. The minimum atomic E-state index is -3.69. The van der Waals surface area contributed by atoms with Gasteiger partial charge in [0.1, 0.15) is 11.7 Å². The van der Waals surface area contributed by atoms with Gasteiger partial charge in [0, 0.05) is 13.6 Å². The van der Waals surface area contributed by atoms with Crippen molar-refractivity contribution in [2.24, 2.45) is 18.7 Å². The molecule has 0 aliphatic heterocycles. The summed E-state index contributed by atoms with van der Waals surface area (Å²) < 4.78 is 29.5. The molecule has 5 N–H and O–H groups in total. The minimum Gasteiger partial charge on any atom is -0.384 e. The predicted octanol–water partition coefficient (Wildman–Crippen LogP) is -0.394. The molecule has 9 heteroatoms. The van der Waals surface area contributed by atoms with Crippen LogP contribution in [0, 0.1) is 11.3 Å². The number of anilines is 1. The largest absolute Gasteiger partial charge is 0.384 e. The van der Waals surface area contributed by atoms with E-state index in [4.69, 9.17) is 11.1 Å². The zero-order valence-corrected chi connectivity index (χ0v) is 11.4. The SMILES string of the molecule is CC(C)CNS(=O)(=O)Nc1c(C(=N)N)cnn1C. The molecule has 1 heterocycles. The third-order valence-electron chi connectivity index (χ3n) is 2.14. The first-order chi connectivity index (χ1) is 8.23. The van der Waals surface area contributed by atoms with Gasteiger partial charge in [0.15, 0.2) is 0 Å². The van der Waals surface area contributed by atoms with Gasteiger partial charge in [0.25, 0.3) is 10.2 Å². The summed E-state index contributed by atoms with van der Waals surface area (Å²) in [5.74, 6) is 0.115. The quantitative estimate of drug-likeness (QED) is 0.416. The number of aryl methyl sites for hydroxylation is 1. The molecule has 0 aliphatic carbocycles. The molecule has 102 valence electrons. The van der Waals surface area contributed by atoms with E-state index < -0.39 is 10.2 Å². The van der Waals surface area contributed by atoms with E-state index in [0.717, 1.165) is 0 Å². The second kappa shape index (κ2) is 5.36. The Labute approximate surface area is 106 Å². The summed E-state index contributed by atoms with van der Waals surface area (Å²) in [6.45, 7) is 4.11. The van der Waals surface area contributed by atoms with Crippen LogP contribution in [-0.2, 0) is 17.3 Å². The van der Waals surface area contributed by atoms with Gasteiger partial charge in [0.05, 0.1) is 11.8 Å². The monoisotopic (exact) mass is 274 g/mol. The average molecular weight is 274 g/mol. The zero-order valence-electron chi connectivity index (χ0n) is 10.6. The van der Waals surface area contributed by atoms with Gasteiger partial charge in [-0.25, -0.2) is 0 Å². The molecular formula is C9H18N6O2S. The van der Waals surface area contributed by atoms with Crippen LogP contribution in [0.15, 0.2) is 6.20 Å². The van der Waals surface area contributed by atoms with Crippen LogP contribution in [0.2, 0.25) is 0 Å². The van der Waals surface area contributed by atoms with E-state index in [1.807, 2.05) is 13.8 Å². The smallest absolute Gasteiger partial charge is 0.300 e. The van der Waals surface area contributed by atoms with Crippen LogP contribution in [0.3, 0.4) is 0 Å². The normalized spacial score (nSPS) is 11.8. The summed E-state index contributed by atoms with van der Waals surface area (Å²) in [6, 6.07) is 0. The maximum Gasteiger partial charge on any atom is 0.300 e. The fraction of sp³-hybridized carbons (Fsp3) is 0.556. The lowest BCUT2D eigenvalue weighted by molar-refractivity contribution is 0.564. The van der Waals surface area contributed by atoms with Crippen LogP contribution in [0.1, 0.15) is 19.4 Å². The summed E-state index contributed by atoms with van der Waals surface area (Å²) in [7, 11) is -2.13. The highest BCUT2D eigenvalue weighted by Gasteiger charge is 2.17. The summed E-state index contributed by atoms with van der Waals surface area (Å²) in [5.41, 5.74) is 5.59. The van der Waals surface area contributed by atoms with Crippen LogP contribution in [0.4, 0.5) is 5.82 Å². The van der Waals surface area contributed by atoms with E-state index in [1.165, 1.54) is 10.9 Å². The van der Waals surface area contributed by atoms with Crippen LogP contribution >= 0.6 is 0 Å². The topological polar surface area (TPSA) is 126 Å². The Morgan fingerprint density at radius 2 is 2.22 bits per heavy atom. The number of aromatic nitrogens is 2. The van der Waals surface area contributed by atoms with Gasteiger partial charge in [-0.05, 0) is 5.92 Å². The van der Waals surface area contributed by atoms with E-state index in [9.17, 15) is 8.42 Å². The Bertz CT molecular complexity index is 533. The Balaban J connectivity index is 2.90. The van der Waals surface area contributed by atoms with E-state index in [1.54, 1.807) is 7.05 Å². The third kappa shape index (κ3) is 3.70. The van der Waals surface area contributed by atoms with Crippen molar-refractivity contribution in [2.75, 3.05) is 11.3 Å². The van der Waals surface area contributed by atoms with Crippen LogP contribution < -0.4 is 15.2 Å². The van der Waals surface area contributed by atoms with Gasteiger partial charge < -0.3 is 5.73 Å². The highest BCUT2D eigenvalue weighted by atomic mass is 32.2. The number of nitrogens with one attached hydrogen (secondary N) is 3. The number of nitrogen functional groups attached to an aromatic ring is 1. The second-order valence-electron chi connectivity index (χ2n) is 4.29. The number of hydrogen-bond donors (Lipinski definition) is 4. The van der Waals surface area contributed by atoms with E-state index in [-0.39, 0.29) is 23.1 Å². The maximum absolute atomic E-state index is 11.8. The fourth-order valence-corrected chi connectivity index (χ4v) is 2.32. The Morgan fingerprint density at radius 3 is 2.72 bits per heavy atom. The first-order valence-corrected chi connectivity index (χ1v) is 6.85. The van der Waals surface area contributed by atoms with Crippen molar-refractivity contribution in [2.45, 2.75) is 13.8 Å². The van der Waals surface area contributed by atoms with Crippen molar-refractivity contribution in [3.8, 4) is 0 Å². The molecule has 0 aliphatic rings. The Kier molecular flexibility index (Phi) is 4.30. The molecule has 0 radical (unpaired) electrons. The van der Waals surface area contributed by atoms with Gasteiger partial charge in [-0.3, -0.25) is 14.8 Å². The predicted molar refractivity (Wildman–Crippen MR) is 69.6 cm³/mol. The molecule has 0 spiro atoms. The van der Waals surface area contributed by atoms with E-state index in [0.29, 0.717) is 6.54 Å². The zero-order chi connectivity index (χ0) is 13.9. The fourth-order valence-electron chi connectivity index (χ4n) is 1.20. The molecule has 0 atom stereocenters. The highest BCUT2D eigenvalue weighted by molar-refractivity contribution is 7.90. The van der Waals surface area contributed by atoms with Gasteiger partial charge in [-0.15, -0.1) is 0 Å². The lowest BCUT2D eigenvalue weighted by Crippen LogP contribution is -2.34. The Morgan fingerprint density at radius 1 is 1.61 bits per heavy atom. The number of amidine groups is 1. The van der Waals surface area contributed by atoms with Gasteiger partial charge in [0.2, 0.25) is 0 Å². The molecule has 1 aromatic rings. The molecule has 18 heavy (non-hydrogen) atoms. The van der Waals surface area contributed by atoms with Gasteiger partial charge in [-0.2, -0.15) is 18.2 Å². The van der Waals surface area contributed by atoms with Crippen LogP contribution in [0.25, 0.3) is 0 Å². The second-order valence-corrected chi connectivity index (χ2v) is 5.79. The van der Waals surface area contributed by atoms with Crippen molar-refractivity contribution >= 4 is 21.9 Å². The molecule has 0 saturated heterocycles. The standard InChI is InChI=1S/C9H18N6O2S/c1-6(2)4-13-18(16,17)14-9-7(8(10)11)5-12-15(9)3/h5-6,13-14H,4H2,1-3H3,(H3,10,11). The number of hydrogen-bond acceptors (Lipinski definition) is 4. The highest BCUT2D eigenvalue weighted by Crippen LogP contribution is 2.14. The van der Waals surface area contributed by atoms with E-state index >= 15 is 0 Å². The van der Waals surface area contributed by atoms with Crippen LogP contribution in [0.5, 0.6) is 0 Å². The number of rotatable bonds is 6. The van der Waals surface area contributed by atoms with Gasteiger partial charge in [-0.1, -0.05) is 13.8 Å². The van der Waals surface area contributed by atoms with Gasteiger partial charge >= 0.3 is 0 Å². The maximum atomic E-state index is 11.8. The molecule has 0 amide bonds. The summed E-state index contributed by atoms with van der Waals surface area (Å²) >= 11 is 0. The lowest BCUT2D eigenvalue weighted by atomic mass is 10.2. The number of nitrogens with two attached hydrogens (primary N) is 1. The molecule has 0 unspecified atom stereocenters. The molecule has 0 aromatic carbocycles. The first-order valence-electron chi connectivity index (χ1n) is 5.36. The van der Waals surface area contributed by atoms with Crippen LogP contribution in [-0.4, -0.2) is 30.6 Å². The molecule has 1 aromatic heterocycles.